The lowest BCUT2D eigenvalue weighted by atomic mass is 9.99. The van der Waals surface area contributed by atoms with Crippen molar-refractivity contribution in [3.8, 4) is 5.75 Å². The quantitative estimate of drug-likeness (QED) is 0.0265. The lowest BCUT2D eigenvalue weighted by molar-refractivity contribution is -0.149. The first-order chi connectivity index (χ1) is 61.9. The van der Waals surface area contributed by atoms with Crippen LogP contribution in [0.25, 0.3) is 21.0 Å². The standard InChI is InChI=1S/C86H121N21O21S2/c1-7-9-21-64-79(121)96-55(20-15-30-87)75(117)102-63(74(116)93-41-70(91)111)44-129-45-71(112)94-58(33-47-25-27-50(108)28-26-47)82(124)103(4)46(3)73(115)98-60(37-69(90)110)84(126)106-32-16-23-65(106)80(122)101-62(39-89)78(120)100-61(38-72(113)114)85(127)107-42-51(109)36-67(107)81(123)97-57(34-48-40-92-54-19-13-11-17-52(48)54)77(119)95-56(29-31-88)76(118)99-59(35-49-43-130-68-24-14-12-18-53(49)68)83(125)105(6)66(22-10-8-2)86(128)104(64)5/h11-14,17-19,24-28,40,43,46,51,55-67,92,108-109H,7-10,15-16,20-23,29-39,41-42,44-45,87-89H2,1-6H3,(H2,90,110)(H2,91,111)(H,93,116)(H,94,112)(H,95,119)(H,96,121)(H,97,123)(H,98,115)(H,99,118)(H,100,120)(H,101,122)(H,102,117)(H,113,114)/t46-,51+,55-,56-,57-,58-,59-,60-,61-,62-,63-,64-,65-,66-,67-/m0/s1. The van der Waals surface area contributed by atoms with E-state index < -0.39 is 247 Å². The molecule has 3 saturated heterocycles. The number of carbonyl (C=O) groups is 18. The maximum absolute atomic E-state index is 15.8. The van der Waals surface area contributed by atoms with Crippen LogP contribution in [0.5, 0.6) is 5.75 Å². The number of H-pyrrole nitrogens is 1. The SMILES string of the molecule is CCCC[C@H]1C(=O)N(C)[C@@H](CCCC)C(=O)N[C@@H](CCCN)C(=O)N[C@H](C(=O)NCC(N)=O)CSCC(=O)N[C@@H](Cc2ccc(O)cc2)C(=O)N(C)[C@@H](C)C(=O)N[C@@H](CC(N)=O)C(=O)N2CCC[C@H]2C(=O)N[C@@H](CN)C(=O)N[C@@H](CC(=O)O)C(=O)N2C[C@H](O)C[C@H]2C(=O)N[C@@H](Cc2c[nH]c3ccccc23)C(=O)N[C@@H](CCN)C(=O)N[C@@H](Cc2csc3ccccc23)C(=O)N1C. The Hall–Kier alpha value is -12.4. The van der Waals surface area contributed by atoms with Crippen molar-refractivity contribution >= 4 is 150 Å². The summed E-state index contributed by atoms with van der Waals surface area (Å²) in [6.07, 6.45) is -1.72. The van der Waals surface area contributed by atoms with Gasteiger partial charge in [-0.15, -0.1) is 23.1 Å². The molecule has 8 rings (SSSR count). The summed E-state index contributed by atoms with van der Waals surface area (Å²) < 4.78 is 0.823. The van der Waals surface area contributed by atoms with Gasteiger partial charge in [0.1, 0.15) is 90.3 Å². The lowest BCUT2D eigenvalue weighted by Crippen LogP contribution is -2.62. The number of amides is 17. The van der Waals surface area contributed by atoms with E-state index in [2.05, 4.69) is 58.2 Å². The first-order valence-electron chi connectivity index (χ1n) is 43.3. The highest BCUT2D eigenvalue weighted by Gasteiger charge is 2.47. The third-order valence-corrected chi connectivity index (χ3v) is 25.2. The van der Waals surface area contributed by atoms with Crippen molar-refractivity contribution in [1.29, 1.82) is 0 Å². The van der Waals surface area contributed by atoms with Gasteiger partial charge in [0.25, 0.3) is 0 Å². The van der Waals surface area contributed by atoms with Crippen molar-refractivity contribution in [1.82, 2.24) is 82.7 Å². The third-order valence-electron chi connectivity index (χ3n) is 23.1. The van der Waals surface area contributed by atoms with E-state index in [9.17, 15) is 72.9 Å². The van der Waals surface area contributed by atoms with Crippen LogP contribution in [-0.2, 0) is 106 Å². The molecule has 42 nitrogen and oxygen atoms in total. The summed E-state index contributed by atoms with van der Waals surface area (Å²) in [5.74, 6) is -19.5. The number of phenols is 1. The smallest absolute Gasteiger partial charge is 0.305 e. The molecule has 0 bridgehead atoms. The second-order valence-corrected chi connectivity index (χ2v) is 34.6. The first kappa shape index (κ1) is 103. The molecule has 0 spiro atoms. The van der Waals surface area contributed by atoms with Gasteiger partial charge in [-0.05, 0) is 117 Å². The van der Waals surface area contributed by atoms with E-state index in [1.807, 2.05) is 32.0 Å². The van der Waals surface area contributed by atoms with Crippen molar-refractivity contribution < 1.29 is 102 Å². The molecule has 708 valence electrons. The van der Waals surface area contributed by atoms with E-state index in [1.165, 1.54) is 73.5 Å². The number of thioether (sulfide) groups is 1. The van der Waals surface area contributed by atoms with Crippen LogP contribution in [0.4, 0.5) is 0 Å². The Bertz CT molecular complexity index is 4900. The number of carboxylic acid groups (broad SMARTS) is 1. The average Bonchev–Trinajstić information content (AvgIpc) is 1.50. The number of likely N-dealkylation sites (N-methyl/N-ethyl adjacent to an activating group) is 3. The second-order valence-electron chi connectivity index (χ2n) is 32.6. The summed E-state index contributed by atoms with van der Waals surface area (Å²) in [7, 11) is 3.93. The van der Waals surface area contributed by atoms with Crippen LogP contribution in [-0.4, -0.2) is 314 Å². The number of phenolic OH excluding ortho intramolecular Hbond substituents is 1. The van der Waals surface area contributed by atoms with Gasteiger partial charge in [0.2, 0.25) is 100 Å². The summed E-state index contributed by atoms with van der Waals surface area (Å²) in [6, 6.07) is -2.63. The molecule has 0 unspecified atom stereocenters. The Labute approximate surface area is 759 Å². The molecule has 130 heavy (non-hydrogen) atoms. The number of nitrogens with one attached hydrogen (secondary N) is 11. The van der Waals surface area contributed by atoms with Gasteiger partial charge >= 0.3 is 5.97 Å². The number of primary amides is 2. The molecule has 3 aliphatic rings. The predicted octanol–water partition coefficient (Wildman–Crippen LogP) is -3.94. The Morgan fingerprint density at radius 2 is 1.08 bits per heavy atom. The van der Waals surface area contributed by atoms with Crippen LogP contribution in [0.3, 0.4) is 0 Å². The second kappa shape index (κ2) is 49.4. The highest BCUT2D eigenvalue weighted by molar-refractivity contribution is 8.00. The fourth-order valence-corrected chi connectivity index (χ4v) is 17.6. The van der Waals surface area contributed by atoms with Gasteiger partial charge in [-0.3, -0.25) is 86.3 Å². The van der Waals surface area contributed by atoms with Gasteiger partial charge in [0, 0.05) is 94.0 Å². The molecule has 3 aliphatic heterocycles. The molecule has 24 N–H and O–H groups in total. The largest absolute Gasteiger partial charge is 0.508 e. The number of aliphatic hydroxyl groups excluding tert-OH is 1. The first-order valence-corrected chi connectivity index (χ1v) is 45.3. The molecule has 5 aromatic rings. The molecule has 15 atom stereocenters. The summed E-state index contributed by atoms with van der Waals surface area (Å²) in [5, 5.41) is 60.6. The number of carbonyl (C=O) groups excluding carboxylic acids is 17. The highest BCUT2D eigenvalue weighted by atomic mass is 32.2. The van der Waals surface area contributed by atoms with Crippen LogP contribution in [0.15, 0.2) is 84.4 Å². The molecule has 3 aromatic carbocycles. The third kappa shape index (κ3) is 28.3. The maximum Gasteiger partial charge on any atom is 0.305 e. The van der Waals surface area contributed by atoms with E-state index in [0.29, 0.717) is 53.3 Å². The van der Waals surface area contributed by atoms with Crippen molar-refractivity contribution in [2.24, 2.45) is 28.7 Å². The number of nitrogens with zero attached hydrogens (tertiary/aromatic N) is 5. The lowest BCUT2D eigenvalue weighted by Gasteiger charge is -2.36. The van der Waals surface area contributed by atoms with Gasteiger partial charge in [-0.2, -0.15) is 0 Å². The van der Waals surface area contributed by atoms with Crippen molar-refractivity contribution in [2.75, 3.05) is 71.9 Å². The zero-order valence-corrected chi connectivity index (χ0v) is 75.2. The molecule has 0 saturated carbocycles. The number of unbranched alkanes of at least 4 members (excludes halogenated alkanes) is 2. The van der Waals surface area contributed by atoms with E-state index in [-0.39, 0.29) is 89.6 Å². The zero-order valence-electron chi connectivity index (χ0n) is 73.6. The number of aromatic nitrogens is 1. The van der Waals surface area contributed by atoms with Crippen LogP contribution < -0.4 is 81.8 Å². The van der Waals surface area contributed by atoms with Crippen molar-refractivity contribution in [3.63, 3.8) is 0 Å². The molecule has 3 fully saturated rings. The molecule has 5 heterocycles. The number of aliphatic hydroxyl groups is 1. The molecule has 17 amide bonds. The van der Waals surface area contributed by atoms with Crippen LogP contribution in [0, 0.1) is 0 Å². The van der Waals surface area contributed by atoms with Crippen LogP contribution in [0.1, 0.15) is 127 Å². The summed E-state index contributed by atoms with van der Waals surface area (Å²) >= 11 is 2.13. The van der Waals surface area contributed by atoms with E-state index in [1.54, 1.807) is 41.9 Å². The molecule has 2 aromatic heterocycles. The van der Waals surface area contributed by atoms with Gasteiger partial charge < -0.3 is 127 Å². The minimum absolute atomic E-state index is 0.00126. The minimum atomic E-state index is -2.06. The fourth-order valence-electron chi connectivity index (χ4n) is 15.8. The Morgan fingerprint density at radius 3 is 1.74 bits per heavy atom. The van der Waals surface area contributed by atoms with E-state index in [4.69, 9.17) is 28.7 Å². The van der Waals surface area contributed by atoms with E-state index >= 15 is 28.8 Å². The van der Waals surface area contributed by atoms with Gasteiger partial charge in [0.05, 0.1) is 31.2 Å². The number of nitrogens with two attached hydrogens (primary N) is 5. The summed E-state index contributed by atoms with van der Waals surface area (Å²) in [6.45, 7) is 2.46. The van der Waals surface area contributed by atoms with Gasteiger partial charge in [0.15, 0.2) is 0 Å². The number of thiophene rings is 1. The Morgan fingerprint density at radius 1 is 0.523 bits per heavy atom. The number of fused-ring (bicyclic) bond motifs is 4. The number of hydrogen-bond acceptors (Lipinski definition) is 25. The highest BCUT2D eigenvalue weighted by Crippen LogP contribution is 2.30. The maximum atomic E-state index is 15.8. The topological polar surface area (TPSA) is 650 Å². The number of benzene rings is 3. The monoisotopic (exact) mass is 1850 g/mol. The predicted molar refractivity (Wildman–Crippen MR) is 479 cm³/mol. The molecule has 0 radical (unpaired) electrons. The molecular weight excluding hydrogens is 1730 g/mol. The number of para-hydroxylation sites is 1. The number of hydrogen-bond donors (Lipinski definition) is 19. The summed E-state index contributed by atoms with van der Waals surface area (Å²) in [5.41, 5.74) is 31.4. The van der Waals surface area contributed by atoms with E-state index in [0.717, 1.165) is 36.5 Å². The number of aliphatic carboxylic acids is 1. The van der Waals surface area contributed by atoms with Crippen LogP contribution >= 0.6 is 23.1 Å². The zero-order chi connectivity index (χ0) is 95.3. The normalized spacial score (nSPS) is 25.2. The average molecular weight is 1850 g/mol. The Kier molecular flexibility index (Phi) is 39.1. The van der Waals surface area contributed by atoms with Crippen molar-refractivity contribution in [2.45, 2.75) is 221 Å². The molecule has 0 aliphatic carbocycles. The van der Waals surface area contributed by atoms with Crippen molar-refractivity contribution in [3.05, 3.63) is 101 Å². The fraction of sp³-hybridized carbons (Fsp3) is 0.535. The van der Waals surface area contributed by atoms with Gasteiger partial charge in [-0.25, -0.2) is 0 Å². The Balaban J connectivity index is 1.18. The number of aromatic hydroxyl groups is 1. The van der Waals surface area contributed by atoms with Crippen LogP contribution in [0.2, 0.25) is 0 Å². The molecule has 44 heteroatoms. The minimum Gasteiger partial charge on any atom is -0.508 e. The summed E-state index contributed by atoms with van der Waals surface area (Å²) in [4.78, 5) is 268. The van der Waals surface area contributed by atoms with Gasteiger partial charge in [-0.1, -0.05) is 88.1 Å². The number of aromatic amines is 1. The number of rotatable bonds is 25. The number of carboxylic acids is 1. The molecular formula is C86H121N21O21S2.